The van der Waals surface area contributed by atoms with Crippen molar-refractivity contribution in [2.24, 2.45) is 0 Å². The number of hydrogen-bond acceptors (Lipinski definition) is 3. The first kappa shape index (κ1) is 17.6. The highest BCUT2D eigenvalue weighted by atomic mass is 35.5. The Labute approximate surface area is 146 Å². The van der Waals surface area contributed by atoms with Crippen LogP contribution >= 0.6 is 11.6 Å². The van der Waals surface area contributed by atoms with E-state index in [4.69, 9.17) is 21.6 Å². The largest absolute Gasteiger partial charge is 0.495 e. The quantitative estimate of drug-likeness (QED) is 0.850. The van der Waals surface area contributed by atoms with Crippen LogP contribution in [0.15, 0.2) is 48.5 Å². The van der Waals surface area contributed by atoms with Crippen LogP contribution in [-0.4, -0.2) is 24.6 Å². The van der Waals surface area contributed by atoms with Gasteiger partial charge in [-0.1, -0.05) is 41.9 Å². The summed E-state index contributed by atoms with van der Waals surface area (Å²) in [7, 11) is 1.52. The third kappa shape index (κ3) is 4.90. The van der Waals surface area contributed by atoms with Crippen molar-refractivity contribution >= 4 is 23.3 Å². The Balaban J connectivity index is 2.15. The van der Waals surface area contributed by atoms with Crippen LogP contribution in [0.3, 0.4) is 0 Å². The van der Waals surface area contributed by atoms with Crippen molar-refractivity contribution < 1.29 is 9.53 Å². The molecule has 0 heterocycles. The van der Waals surface area contributed by atoms with Crippen molar-refractivity contribution in [1.29, 1.82) is 5.26 Å². The van der Waals surface area contributed by atoms with Gasteiger partial charge in [-0.05, 0) is 23.8 Å². The molecule has 0 spiro atoms. The van der Waals surface area contributed by atoms with E-state index in [0.717, 1.165) is 5.56 Å². The van der Waals surface area contributed by atoms with Crippen molar-refractivity contribution in [3.8, 4) is 11.8 Å². The Morgan fingerprint density at radius 1 is 1.29 bits per heavy atom. The van der Waals surface area contributed by atoms with Crippen molar-refractivity contribution in [1.82, 2.24) is 4.90 Å². The molecule has 0 atom stereocenters. The zero-order chi connectivity index (χ0) is 17.4. The predicted molar refractivity (Wildman–Crippen MR) is 94.1 cm³/mol. The number of carbonyl (C=O) groups excluding carboxylic acids is 1. The fraction of sp³-hybridized carbons (Fsp3) is 0.222. The molecule has 1 N–H and O–H groups in total. The summed E-state index contributed by atoms with van der Waals surface area (Å²) in [4.78, 5) is 14.2. The van der Waals surface area contributed by atoms with E-state index < -0.39 is 0 Å². The first-order chi connectivity index (χ1) is 11.6. The molecule has 2 amide bonds. The van der Waals surface area contributed by atoms with Crippen LogP contribution in [0.25, 0.3) is 0 Å². The van der Waals surface area contributed by atoms with Gasteiger partial charge in [0.2, 0.25) is 0 Å². The first-order valence-corrected chi connectivity index (χ1v) is 7.82. The second-order valence-electron chi connectivity index (χ2n) is 5.09. The molecule has 0 aliphatic heterocycles. The number of carbonyl (C=O) groups is 1. The maximum atomic E-state index is 12.6. The van der Waals surface area contributed by atoms with Crippen LogP contribution in [0.5, 0.6) is 5.75 Å². The number of anilines is 1. The van der Waals surface area contributed by atoms with Crippen LogP contribution in [-0.2, 0) is 6.54 Å². The van der Waals surface area contributed by atoms with Gasteiger partial charge >= 0.3 is 6.03 Å². The highest BCUT2D eigenvalue weighted by molar-refractivity contribution is 6.31. The first-order valence-electron chi connectivity index (χ1n) is 7.44. The topological polar surface area (TPSA) is 65.4 Å². The summed E-state index contributed by atoms with van der Waals surface area (Å²) in [6, 6.07) is 16.4. The van der Waals surface area contributed by atoms with Gasteiger partial charge in [-0.3, -0.25) is 0 Å². The molecule has 2 aromatic carbocycles. The molecule has 2 rings (SSSR count). The van der Waals surface area contributed by atoms with Crippen molar-refractivity contribution in [2.45, 2.75) is 13.0 Å². The number of nitriles is 1. The number of benzene rings is 2. The Bertz CT molecular complexity index is 729. The molecule has 0 fully saturated rings. The monoisotopic (exact) mass is 343 g/mol. The fourth-order valence-corrected chi connectivity index (χ4v) is 2.39. The van der Waals surface area contributed by atoms with E-state index in [0.29, 0.717) is 29.5 Å². The van der Waals surface area contributed by atoms with E-state index in [2.05, 4.69) is 11.4 Å². The normalized spacial score (nSPS) is 9.88. The second kappa shape index (κ2) is 8.80. The zero-order valence-electron chi connectivity index (χ0n) is 13.3. The minimum Gasteiger partial charge on any atom is -0.495 e. The lowest BCUT2D eigenvalue weighted by Crippen LogP contribution is -2.35. The lowest BCUT2D eigenvalue weighted by molar-refractivity contribution is 0.210. The number of rotatable bonds is 6. The van der Waals surface area contributed by atoms with Gasteiger partial charge in [0.15, 0.2) is 0 Å². The second-order valence-corrected chi connectivity index (χ2v) is 5.53. The van der Waals surface area contributed by atoms with Gasteiger partial charge < -0.3 is 15.0 Å². The maximum absolute atomic E-state index is 12.6. The van der Waals surface area contributed by atoms with Crippen LogP contribution in [0.4, 0.5) is 10.5 Å². The summed E-state index contributed by atoms with van der Waals surface area (Å²) in [5.74, 6) is 0.521. The molecule has 124 valence electrons. The molecule has 0 radical (unpaired) electrons. The maximum Gasteiger partial charge on any atom is 0.322 e. The summed E-state index contributed by atoms with van der Waals surface area (Å²) in [5, 5.41) is 12.1. The van der Waals surface area contributed by atoms with Crippen LogP contribution in [0, 0.1) is 11.3 Å². The molecule has 0 unspecified atom stereocenters. The summed E-state index contributed by atoms with van der Waals surface area (Å²) >= 11 is 5.99. The molecule has 0 bridgehead atoms. The molecule has 0 saturated heterocycles. The van der Waals surface area contributed by atoms with Crippen molar-refractivity contribution in [3.63, 3.8) is 0 Å². The predicted octanol–water partition coefficient (Wildman–Crippen LogP) is 4.30. The van der Waals surface area contributed by atoms with Gasteiger partial charge in [0.25, 0.3) is 0 Å². The number of halogens is 1. The highest BCUT2D eigenvalue weighted by Gasteiger charge is 2.16. The molecule has 0 aliphatic carbocycles. The lowest BCUT2D eigenvalue weighted by atomic mass is 10.2. The number of amides is 2. The summed E-state index contributed by atoms with van der Waals surface area (Å²) in [6.45, 7) is 0.747. The Hall–Kier alpha value is -2.71. The number of methoxy groups -OCH3 is 1. The van der Waals surface area contributed by atoms with Crippen LogP contribution in [0.2, 0.25) is 5.02 Å². The van der Waals surface area contributed by atoms with Crippen LogP contribution in [0.1, 0.15) is 12.0 Å². The Kier molecular flexibility index (Phi) is 6.47. The molecule has 2 aromatic rings. The SMILES string of the molecule is COc1ccc(Cl)cc1NC(=O)N(CCC#N)Cc1ccccc1. The summed E-state index contributed by atoms with van der Waals surface area (Å²) < 4.78 is 5.24. The van der Waals surface area contributed by atoms with Gasteiger partial charge in [0.05, 0.1) is 25.3 Å². The van der Waals surface area contributed by atoms with E-state index in [1.165, 1.54) is 7.11 Å². The molecule has 24 heavy (non-hydrogen) atoms. The van der Waals surface area contributed by atoms with E-state index in [1.54, 1.807) is 23.1 Å². The lowest BCUT2D eigenvalue weighted by Gasteiger charge is -2.23. The minimum absolute atomic E-state index is 0.257. The molecule has 0 aliphatic rings. The van der Waals surface area contributed by atoms with Gasteiger partial charge in [-0.15, -0.1) is 0 Å². The smallest absolute Gasteiger partial charge is 0.322 e. The minimum atomic E-state index is -0.310. The number of urea groups is 1. The number of ether oxygens (including phenoxy) is 1. The van der Waals surface area contributed by atoms with Crippen LogP contribution < -0.4 is 10.1 Å². The van der Waals surface area contributed by atoms with Crippen molar-refractivity contribution in [2.75, 3.05) is 19.0 Å². The van der Waals surface area contributed by atoms with E-state index in [-0.39, 0.29) is 12.5 Å². The number of hydrogen-bond donors (Lipinski definition) is 1. The summed E-state index contributed by atoms with van der Waals surface area (Å²) in [6.07, 6.45) is 0.257. The summed E-state index contributed by atoms with van der Waals surface area (Å²) in [5.41, 5.74) is 1.48. The Morgan fingerprint density at radius 2 is 2.04 bits per heavy atom. The molecule has 0 aromatic heterocycles. The molecular weight excluding hydrogens is 326 g/mol. The fourth-order valence-electron chi connectivity index (χ4n) is 2.21. The van der Waals surface area contributed by atoms with E-state index >= 15 is 0 Å². The molecular formula is C18H18ClN3O2. The molecule has 6 heteroatoms. The number of nitrogens with zero attached hydrogens (tertiary/aromatic N) is 2. The number of nitrogens with one attached hydrogen (secondary N) is 1. The van der Waals surface area contributed by atoms with E-state index in [9.17, 15) is 4.79 Å². The molecule has 0 saturated carbocycles. The van der Waals surface area contributed by atoms with Gasteiger partial charge in [-0.2, -0.15) is 5.26 Å². The Morgan fingerprint density at radius 3 is 2.71 bits per heavy atom. The van der Waals surface area contributed by atoms with Gasteiger partial charge in [0, 0.05) is 18.1 Å². The third-order valence-electron chi connectivity index (χ3n) is 3.40. The third-order valence-corrected chi connectivity index (χ3v) is 3.64. The van der Waals surface area contributed by atoms with Gasteiger partial charge in [0.1, 0.15) is 5.75 Å². The standard InChI is InChI=1S/C18H18ClN3O2/c1-24-17-9-8-15(19)12-16(17)21-18(23)22(11-5-10-20)13-14-6-3-2-4-7-14/h2-4,6-9,12H,5,11,13H2,1H3,(H,21,23). The molecule has 5 nitrogen and oxygen atoms in total. The average Bonchev–Trinajstić information content (AvgIpc) is 2.59. The van der Waals surface area contributed by atoms with Crippen molar-refractivity contribution in [3.05, 3.63) is 59.1 Å². The van der Waals surface area contributed by atoms with E-state index in [1.807, 2.05) is 30.3 Å². The van der Waals surface area contributed by atoms with Gasteiger partial charge in [-0.25, -0.2) is 4.79 Å². The average molecular weight is 344 g/mol. The zero-order valence-corrected chi connectivity index (χ0v) is 14.1. The highest BCUT2D eigenvalue weighted by Crippen LogP contribution is 2.28.